The van der Waals surface area contributed by atoms with Crippen LogP contribution in [0.1, 0.15) is 21.8 Å². The molecule has 8 heteroatoms. The van der Waals surface area contributed by atoms with E-state index < -0.39 is 0 Å². The van der Waals surface area contributed by atoms with Crippen molar-refractivity contribution in [2.24, 2.45) is 0 Å². The van der Waals surface area contributed by atoms with Gasteiger partial charge in [-0.1, -0.05) is 46.8 Å². The van der Waals surface area contributed by atoms with E-state index in [1.165, 1.54) is 23.1 Å². The average molecular weight is 378 g/mol. The zero-order valence-electron chi connectivity index (χ0n) is 12.8. The molecule has 0 aliphatic carbocycles. The number of para-hydroxylation sites is 1. The number of nitriles is 1. The molecule has 3 rings (SSSR count). The summed E-state index contributed by atoms with van der Waals surface area (Å²) in [6.07, 6.45) is 0. The minimum absolute atomic E-state index is 0.220. The number of carbonyl (C=O) groups is 1. The average Bonchev–Trinajstić information content (AvgIpc) is 3.07. The van der Waals surface area contributed by atoms with Crippen molar-refractivity contribution in [1.29, 1.82) is 5.26 Å². The topological polar surface area (TPSA) is 78.9 Å². The van der Waals surface area contributed by atoms with E-state index >= 15 is 0 Å². The number of nitrogens with zero attached hydrogens (tertiary/aromatic N) is 2. The number of thioether (sulfide) groups is 1. The van der Waals surface area contributed by atoms with E-state index in [2.05, 4.69) is 16.4 Å². The fraction of sp³-hybridized carbons (Fsp3) is 0.188. The van der Waals surface area contributed by atoms with Gasteiger partial charge in [-0.2, -0.15) is 5.26 Å². The summed E-state index contributed by atoms with van der Waals surface area (Å²) in [6, 6.07) is 7.47. The number of hydrogen-bond donors (Lipinski definition) is 1. The van der Waals surface area contributed by atoms with Crippen LogP contribution in [0.4, 0.5) is 5.13 Å². The second kappa shape index (κ2) is 6.85. The lowest BCUT2D eigenvalue weighted by Crippen LogP contribution is -2.11. The molecule has 1 N–H and O–H groups in total. The van der Waals surface area contributed by atoms with Crippen molar-refractivity contribution in [1.82, 2.24) is 4.98 Å². The van der Waals surface area contributed by atoms with Crippen LogP contribution in [0.2, 0.25) is 5.02 Å². The molecule has 0 fully saturated rings. The molecule has 2 aromatic heterocycles. The summed E-state index contributed by atoms with van der Waals surface area (Å²) in [5.74, 6) is 0.194. The predicted molar refractivity (Wildman–Crippen MR) is 97.1 cm³/mol. The van der Waals surface area contributed by atoms with Crippen molar-refractivity contribution in [3.8, 4) is 6.07 Å². The summed E-state index contributed by atoms with van der Waals surface area (Å²) in [6.45, 7) is 3.66. The van der Waals surface area contributed by atoms with E-state index in [0.29, 0.717) is 21.5 Å². The molecule has 1 amide bonds. The molecular weight excluding hydrogens is 366 g/mol. The van der Waals surface area contributed by atoms with Gasteiger partial charge in [0.2, 0.25) is 0 Å². The van der Waals surface area contributed by atoms with E-state index in [1.54, 1.807) is 6.07 Å². The molecule has 2 heterocycles. The van der Waals surface area contributed by atoms with Crippen LogP contribution in [0, 0.1) is 25.2 Å². The zero-order chi connectivity index (χ0) is 17.3. The number of benzene rings is 1. The third-order valence-electron chi connectivity index (χ3n) is 3.36. The summed E-state index contributed by atoms with van der Waals surface area (Å²) in [7, 11) is 0. The molecule has 0 aliphatic rings. The molecule has 0 saturated carbocycles. The van der Waals surface area contributed by atoms with Gasteiger partial charge in [-0.25, -0.2) is 4.98 Å². The van der Waals surface area contributed by atoms with Crippen LogP contribution in [0.5, 0.6) is 0 Å². The molecule has 0 radical (unpaired) electrons. The van der Waals surface area contributed by atoms with Crippen molar-refractivity contribution in [3.63, 3.8) is 0 Å². The number of furan rings is 1. The lowest BCUT2D eigenvalue weighted by molar-refractivity contribution is 0.0998. The van der Waals surface area contributed by atoms with E-state index in [9.17, 15) is 4.79 Å². The van der Waals surface area contributed by atoms with Crippen molar-refractivity contribution < 1.29 is 9.21 Å². The van der Waals surface area contributed by atoms with E-state index in [-0.39, 0.29) is 11.7 Å². The van der Waals surface area contributed by atoms with Gasteiger partial charge in [0.15, 0.2) is 16.5 Å². The van der Waals surface area contributed by atoms with Crippen LogP contribution >= 0.6 is 34.7 Å². The quantitative estimate of drug-likeness (QED) is 0.645. The minimum Gasteiger partial charge on any atom is -0.449 e. The highest BCUT2D eigenvalue weighted by atomic mass is 35.5. The third-order valence-corrected chi connectivity index (χ3v) is 5.96. The summed E-state index contributed by atoms with van der Waals surface area (Å²) in [4.78, 5) is 16.8. The monoisotopic (exact) mass is 377 g/mol. The van der Waals surface area contributed by atoms with Gasteiger partial charge in [0.1, 0.15) is 0 Å². The number of amides is 1. The van der Waals surface area contributed by atoms with E-state index in [1.807, 2.05) is 26.0 Å². The van der Waals surface area contributed by atoms with Crippen LogP contribution in [-0.2, 0) is 0 Å². The van der Waals surface area contributed by atoms with E-state index in [0.717, 1.165) is 20.9 Å². The standard InChI is InChI=1S/C16H12ClN3O2S2/c1-8-10-4-3-5-11(17)13(10)22-12(8)14(21)20-16-19-9(2)15(24-16)23-7-6-18/h3-5H,7H2,1-2H3,(H,19,20,21). The molecule has 24 heavy (non-hydrogen) atoms. The molecule has 1 aromatic carbocycles. The van der Waals surface area contributed by atoms with Gasteiger partial charge in [0.25, 0.3) is 5.91 Å². The van der Waals surface area contributed by atoms with Gasteiger partial charge >= 0.3 is 0 Å². The largest absolute Gasteiger partial charge is 0.449 e. The van der Waals surface area contributed by atoms with Gasteiger partial charge < -0.3 is 4.42 Å². The Balaban J connectivity index is 1.87. The van der Waals surface area contributed by atoms with Gasteiger partial charge in [0, 0.05) is 10.9 Å². The molecule has 0 saturated heterocycles. The summed E-state index contributed by atoms with van der Waals surface area (Å²) in [5.41, 5.74) is 2.03. The fourth-order valence-electron chi connectivity index (χ4n) is 2.25. The Kier molecular flexibility index (Phi) is 4.81. The summed E-state index contributed by atoms with van der Waals surface area (Å²) >= 11 is 8.86. The number of rotatable bonds is 4. The molecule has 0 aliphatic heterocycles. The first-order chi connectivity index (χ1) is 11.5. The van der Waals surface area contributed by atoms with Crippen molar-refractivity contribution in [2.45, 2.75) is 18.1 Å². The van der Waals surface area contributed by atoms with Crippen molar-refractivity contribution >= 4 is 56.7 Å². The SMILES string of the molecule is Cc1nc(NC(=O)c2oc3c(Cl)cccc3c2C)sc1SCC#N. The van der Waals surface area contributed by atoms with Gasteiger partial charge in [-0.05, 0) is 19.9 Å². The molecule has 0 unspecified atom stereocenters. The number of nitrogens with one attached hydrogen (secondary N) is 1. The maximum absolute atomic E-state index is 12.5. The number of aryl methyl sites for hydroxylation is 2. The fourth-order valence-corrected chi connectivity index (χ4v) is 4.25. The Hall–Kier alpha value is -2.01. The van der Waals surface area contributed by atoms with Crippen molar-refractivity contribution in [3.05, 3.63) is 40.2 Å². The zero-order valence-corrected chi connectivity index (χ0v) is 15.2. The first kappa shape index (κ1) is 16.8. The highest BCUT2D eigenvalue weighted by Gasteiger charge is 2.20. The van der Waals surface area contributed by atoms with Crippen LogP contribution in [0.25, 0.3) is 11.0 Å². The van der Waals surface area contributed by atoms with Gasteiger partial charge in [-0.15, -0.1) is 0 Å². The maximum Gasteiger partial charge on any atom is 0.293 e. The number of aromatic nitrogens is 1. The Morgan fingerprint density at radius 2 is 2.29 bits per heavy atom. The van der Waals surface area contributed by atoms with Gasteiger partial charge in [0.05, 0.1) is 26.7 Å². The Bertz CT molecular complexity index is 972. The van der Waals surface area contributed by atoms with Crippen LogP contribution in [0.15, 0.2) is 26.8 Å². The van der Waals surface area contributed by atoms with Crippen LogP contribution in [-0.4, -0.2) is 16.6 Å². The summed E-state index contributed by atoms with van der Waals surface area (Å²) in [5, 5.41) is 13.2. The predicted octanol–water partition coefficient (Wildman–Crippen LogP) is 5.03. The van der Waals surface area contributed by atoms with Crippen LogP contribution in [0.3, 0.4) is 0 Å². The smallest absolute Gasteiger partial charge is 0.293 e. The summed E-state index contributed by atoms with van der Waals surface area (Å²) < 4.78 is 6.56. The first-order valence-corrected chi connectivity index (χ1v) is 9.15. The third kappa shape index (κ3) is 3.13. The number of anilines is 1. The second-order valence-electron chi connectivity index (χ2n) is 4.97. The minimum atomic E-state index is -0.370. The highest BCUT2D eigenvalue weighted by molar-refractivity contribution is 8.01. The second-order valence-corrected chi connectivity index (χ2v) is 7.62. The Labute approximate surface area is 151 Å². The highest BCUT2D eigenvalue weighted by Crippen LogP contribution is 2.34. The number of thiazole rings is 1. The first-order valence-electron chi connectivity index (χ1n) is 6.97. The Morgan fingerprint density at radius 1 is 1.50 bits per heavy atom. The normalized spacial score (nSPS) is 10.8. The molecule has 0 spiro atoms. The van der Waals surface area contributed by atoms with Crippen molar-refractivity contribution in [2.75, 3.05) is 11.1 Å². The Morgan fingerprint density at radius 3 is 3.00 bits per heavy atom. The van der Waals surface area contributed by atoms with Crippen LogP contribution < -0.4 is 5.32 Å². The molecule has 122 valence electrons. The number of carbonyl (C=O) groups excluding carboxylic acids is 1. The number of halogens is 1. The maximum atomic E-state index is 12.5. The molecule has 3 aromatic rings. The molecule has 0 atom stereocenters. The number of hydrogen-bond acceptors (Lipinski definition) is 6. The molecular formula is C16H12ClN3O2S2. The van der Waals surface area contributed by atoms with E-state index in [4.69, 9.17) is 21.3 Å². The lowest BCUT2D eigenvalue weighted by Gasteiger charge is -1.99. The van der Waals surface area contributed by atoms with Gasteiger partial charge in [-0.3, -0.25) is 10.1 Å². The lowest BCUT2D eigenvalue weighted by atomic mass is 10.1. The molecule has 5 nitrogen and oxygen atoms in total. The number of fused-ring (bicyclic) bond motifs is 1. The molecule has 0 bridgehead atoms.